The van der Waals surface area contributed by atoms with E-state index in [9.17, 15) is 9.90 Å². The number of esters is 1. The van der Waals surface area contributed by atoms with Crippen LogP contribution >= 0.6 is 0 Å². The van der Waals surface area contributed by atoms with Gasteiger partial charge in [0.25, 0.3) is 0 Å². The Labute approximate surface area is 176 Å². The maximum absolute atomic E-state index is 12.0. The molecule has 1 heterocycles. The van der Waals surface area contributed by atoms with Crippen LogP contribution in [0.15, 0.2) is 60.1 Å². The Morgan fingerprint density at radius 3 is 2.67 bits per heavy atom. The molecule has 1 saturated carbocycles. The van der Waals surface area contributed by atoms with Gasteiger partial charge in [0.1, 0.15) is 12.2 Å². The molecule has 0 saturated heterocycles. The van der Waals surface area contributed by atoms with E-state index in [1.807, 2.05) is 37.3 Å². The van der Waals surface area contributed by atoms with Crippen LogP contribution in [0.3, 0.4) is 0 Å². The van der Waals surface area contributed by atoms with Crippen molar-refractivity contribution >= 4 is 17.4 Å². The van der Waals surface area contributed by atoms with Crippen molar-refractivity contribution in [2.24, 2.45) is 11.1 Å². The molecule has 1 N–H and O–H groups in total. The first-order valence-corrected chi connectivity index (χ1v) is 9.96. The molecule has 1 aliphatic carbocycles. The maximum atomic E-state index is 12.0. The summed E-state index contributed by atoms with van der Waals surface area (Å²) in [5, 5.41) is 13.8. The molecule has 7 heteroatoms. The van der Waals surface area contributed by atoms with Crippen LogP contribution in [0, 0.1) is 5.92 Å². The summed E-state index contributed by atoms with van der Waals surface area (Å²) in [6.45, 7) is 2.20. The number of aliphatic hydroxyl groups excluding tert-OH is 1. The number of methoxy groups -OCH3 is 1. The molecule has 2 aromatic rings. The third-order valence-corrected chi connectivity index (χ3v) is 4.80. The van der Waals surface area contributed by atoms with Crippen LogP contribution in [0.1, 0.15) is 49.1 Å². The van der Waals surface area contributed by atoms with E-state index in [4.69, 9.17) is 14.3 Å². The van der Waals surface area contributed by atoms with E-state index in [-0.39, 0.29) is 24.2 Å². The van der Waals surface area contributed by atoms with Crippen LogP contribution in [-0.4, -0.2) is 29.1 Å². The smallest absolute Gasteiger partial charge is 0.341 e. The standard InChI is InChI=1S/C23H26N2O5/c1-3-21(20-10-6-7-13-24-20)30-25-22(16-11-12-16)29-15-17-8-4-5-9-18(17)19(14-26)23(27)28-2/h4-10,13-14,16,21,26H,3,11-12,15H2,1-2H3/b19-14-,25-22+. The molecule has 1 fully saturated rings. The highest BCUT2D eigenvalue weighted by molar-refractivity contribution is 6.16. The van der Waals surface area contributed by atoms with Gasteiger partial charge in [0.2, 0.25) is 5.90 Å². The quantitative estimate of drug-likeness (QED) is 0.163. The van der Waals surface area contributed by atoms with E-state index in [0.717, 1.165) is 36.8 Å². The average molecular weight is 410 g/mol. The lowest BCUT2D eigenvalue weighted by Gasteiger charge is -2.15. The summed E-state index contributed by atoms with van der Waals surface area (Å²) in [5.74, 6) is 0.143. The number of ether oxygens (including phenoxy) is 2. The molecule has 1 aromatic carbocycles. The second-order valence-electron chi connectivity index (χ2n) is 6.94. The van der Waals surface area contributed by atoms with E-state index in [1.54, 1.807) is 18.3 Å². The van der Waals surface area contributed by atoms with Gasteiger partial charge in [-0.25, -0.2) is 4.79 Å². The minimum absolute atomic E-state index is 0.0686. The predicted molar refractivity (Wildman–Crippen MR) is 112 cm³/mol. The average Bonchev–Trinajstić information content (AvgIpc) is 3.63. The number of carbonyl (C=O) groups is 1. The monoisotopic (exact) mass is 410 g/mol. The highest BCUT2D eigenvalue weighted by Gasteiger charge is 2.31. The number of aliphatic hydroxyl groups is 1. The first kappa shape index (κ1) is 21.4. The van der Waals surface area contributed by atoms with Gasteiger partial charge < -0.3 is 19.4 Å². The van der Waals surface area contributed by atoms with E-state index < -0.39 is 5.97 Å². The fourth-order valence-electron chi connectivity index (χ4n) is 2.97. The zero-order valence-electron chi connectivity index (χ0n) is 17.2. The molecule has 1 unspecified atom stereocenters. The molecule has 0 bridgehead atoms. The van der Waals surface area contributed by atoms with Crippen LogP contribution in [0.2, 0.25) is 0 Å². The van der Waals surface area contributed by atoms with E-state index in [0.29, 0.717) is 11.5 Å². The molecule has 7 nitrogen and oxygen atoms in total. The van der Waals surface area contributed by atoms with Gasteiger partial charge >= 0.3 is 5.97 Å². The van der Waals surface area contributed by atoms with Crippen LogP contribution < -0.4 is 0 Å². The number of hydrogen-bond donors (Lipinski definition) is 1. The summed E-state index contributed by atoms with van der Waals surface area (Å²) in [4.78, 5) is 22.1. The van der Waals surface area contributed by atoms with Crippen LogP contribution in [-0.2, 0) is 25.7 Å². The zero-order chi connectivity index (χ0) is 21.3. The second kappa shape index (κ2) is 10.4. The molecule has 0 aliphatic heterocycles. The summed E-state index contributed by atoms with van der Waals surface area (Å²) in [7, 11) is 1.27. The van der Waals surface area contributed by atoms with Gasteiger partial charge in [-0.1, -0.05) is 42.4 Å². The molecular weight excluding hydrogens is 384 g/mol. The molecule has 158 valence electrons. The highest BCUT2D eigenvalue weighted by Crippen LogP contribution is 2.33. The van der Waals surface area contributed by atoms with Gasteiger partial charge in [-0.2, -0.15) is 0 Å². The lowest BCUT2D eigenvalue weighted by atomic mass is 10.0. The number of carbonyl (C=O) groups excluding carboxylic acids is 1. The summed E-state index contributed by atoms with van der Waals surface area (Å²) >= 11 is 0. The number of hydrogen-bond acceptors (Lipinski definition) is 7. The number of rotatable bonds is 9. The van der Waals surface area contributed by atoms with E-state index >= 15 is 0 Å². The third-order valence-electron chi connectivity index (χ3n) is 4.80. The summed E-state index contributed by atoms with van der Waals surface area (Å²) in [6, 6.07) is 12.9. The lowest BCUT2D eigenvalue weighted by molar-refractivity contribution is -0.133. The molecule has 0 spiro atoms. The van der Waals surface area contributed by atoms with Gasteiger partial charge in [0, 0.05) is 12.1 Å². The van der Waals surface area contributed by atoms with Gasteiger partial charge in [0.05, 0.1) is 19.1 Å². The van der Waals surface area contributed by atoms with Crippen molar-refractivity contribution in [3.8, 4) is 0 Å². The largest absolute Gasteiger partial charge is 0.515 e. The van der Waals surface area contributed by atoms with Crippen molar-refractivity contribution in [1.82, 2.24) is 4.98 Å². The Hall–Kier alpha value is -3.35. The molecule has 1 atom stereocenters. The van der Waals surface area contributed by atoms with Crippen LogP contribution in [0.25, 0.3) is 5.57 Å². The van der Waals surface area contributed by atoms with Gasteiger partial charge in [-0.3, -0.25) is 4.98 Å². The molecule has 0 radical (unpaired) electrons. The number of oxime groups is 1. The van der Waals surface area contributed by atoms with Crippen molar-refractivity contribution in [3.63, 3.8) is 0 Å². The van der Waals surface area contributed by atoms with Crippen molar-refractivity contribution in [1.29, 1.82) is 0 Å². The fourth-order valence-corrected chi connectivity index (χ4v) is 2.97. The number of benzene rings is 1. The normalized spacial score (nSPS) is 15.4. The Morgan fingerprint density at radius 1 is 1.27 bits per heavy atom. The van der Waals surface area contributed by atoms with Gasteiger partial charge in [0.15, 0.2) is 6.10 Å². The van der Waals surface area contributed by atoms with Gasteiger partial charge in [-0.15, -0.1) is 0 Å². The van der Waals surface area contributed by atoms with Crippen molar-refractivity contribution in [3.05, 3.63) is 71.7 Å². The van der Waals surface area contributed by atoms with Crippen LogP contribution in [0.4, 0.5) is 0 Å². The Bertz CT molecular complexity index is 907. The second-order valence-corrected chi connectivity index (χ2v) is 6.94. The highest BCUT2D eigenvalue weighted by atomic mass is 16.7. The molecule has 1 aromatic heterocycles. The molecular formula is C23H26N2O5. The summed E-state index contributed by atoms with van der Waals surface area (Å²) in [6.07, 6.45) is 4.95. The minimum Gasteiger partial charge on any atom is -0.515 e. The molecule has 0 amide bonds. The number of aromatic nitrogens is 1. The van der Waals surface area contributed by atoms with E-state index in [2.05, 4.69) is 10.1 Å². The first-order chi connectivity index (χ1) is 14.7. The first-order valence-electron chi connectivity index (χ1n) is 9.96. The fraction of sp³-hybridized carbons (Fsp3) is 0.348. The molecule has 1 aliphatic rings. The van der Waals surface area contributed by atoms with Gasteiger partial charge in [-0.05, 0) is 42.5 Å². The summed E-state index contributed by atoms with van der Waals surface area (Å²) < 4.78 is 10.7. The SMILES string of the molecule is CCC(O/N=C(/OCc1ccccc1/C(=C/O)C(=O)OC)C1CC1)c1ccccn1. The Kier molecular flexibility index (Phi) is 7.43. The van der Waals surface area contributed by atoms with E-state index in [1.165, 1.54) is 7.11 Å². The Morgan fingerprint density at radius 2 is 2.03 bits per heavy atom. The van der Waals surface area contributed by atoms with Crippen molar-refractivity contribution in [2.75, 3.05) is 7.11 Å². The lowest BCUT2D eigenvalue weighted by Crippen LogP contribution is -2.12. The third kappa shape index (κ3) is 5.37. The van der Waals surface area contributed by atoms with Crippen molar-refractivity contribution in [2.45, 2.75) is 38.9 Å². The summed E-state index contributed by atoms with van der Waals surface area (Å²) in [5.41, 5.74) is 2.16. The number of nitrogens with zero attached hydrogens (tertiary/aromatic N) is 2. The Balaban J connectivity index is 1.73. The van der Waals surface area contributed by atoms with Crippen LogP contribution in [0.5, 0.6) is 0 Å². The van der Waals surface area contributed by atoms with Crippen molar-refractivity contribution < 1.29 is 24.2 Å². The molecule has 30 heavy (non-hydrogen) atoms. The maximum Gasteiger partial charge on any atom is 0.341 e. The number of pyridine rings is 1. The predicted octanol–water partition coefficient (Wildman–Crippen LogP) is 4.56. The topological polar surface area (TPSA) is 90.2 Å². The minimum atomic E-state index is -0.620. The zero-order valence-corrected chi connectivity index (χ0v) is 17.2. The molecule has 3 rings (SSSR count).